The van der Waals surface area contributed by atoms with Crippen molar-refractivity contribution >= 4 is 0 Å². The smallest absolute Gasteiger partial charge is 0.119 e. The molecule has 2 heterocycles. The molecule has 23 heavy (non-hydrogen) atoms. The number of methoxy groups -OCH3 is 1. The molecule has 4 rings (SSSR count). The van der Waals surface area contributed by atoms with Gasteiger partial charge in [0.15, 0.2) is 0 Å². The number of rotatable bonds is 4. The maximum atomic E-state index is 5.37. The van der Waals surface area contributed by atoms with E-state index in [1.807, 2.05) is 6.20 Å². The van der Waals surface area contributed by atoms with Crippen molar-refractivity contribution in [3.63, 3.8) is 0 Å². The van der Waals surface area contributed by atoms with E-state index < -0.39 is 0 Å². The average Bonchev–Trinajstić information content (AvgIpc) is 3.07. The Morgan fingerprint density at radius 1 is 1.26 bits per heavy atom. The Kier molecular flexibility index (Phi) is 4.08. The molecule has 1 aromatic carbocycles. The molecule has 2 atom stereocenters. The molecule has 1 aliphatic carbocycles. The van der Waals surface area contributed by atoms with Gasteiger partial charge in [-0.1, -0.05) is 6.07 Å². The van der Waals surface area contributed by atoms with E-state index >= 15 is 0 Å². The van der Waals surface area contributed by atoms with E-state index in [0.717, 1.165) is 37.6 Å². The van der Waals surface area contributed by atoms with Crippen LogP contribution in [-0.2, 0) is 25.8 Å². The van der Waals surface area contributed by atoms with E-state index in [1.54, 1.807) is 7.11 Å². The van der Waals surface area contributed by atoms with E-state index in [2.05, 4.69) is 39.3 Å². The Hall–Kier alpha value is -1.81. The van der Waals surface area contributed by atoms with E-state index in [4.69, 9.17) is 4.74 Å². The van der Waals surface area contributed by atoms with Crippen molar-refractivity contribution in [3.8, 4) is 5.75 Å². The van der Waals surface area contributed by atoms with Gasteiger partial charge < -0.3 is 14.6 Å². The van der Waals surface area contributed by atoms with Gasteiger partial charge in [0, 0.05) is 31.4 Å². The van der Waals surface area contributed by atoms with Crippen LogP contribution < -0.4 is 10.1 Å². The lowest BCUT2D eigenvalue weighted by molar-refractivity contribution is 0.322. The van der Waals surface area contributed by atoms with Gasteiger partial charge in [-0.15, -0.1) is 0 Å². The van der Waals surface area contributed by atoms with Crippen molar-refractivity contribution in [3.05, 3.63) is 47.5 Å². The highest BCUT2D eigenvalue weighted by Crippen LogP contribution is 2.26. The lowest BCUT2D eigenvalue weighted by atomic mass is 9.87. The summed E-state index contributed by atoms with van der Waals surface area (Å²) in [7, 11) is 1.74. The highest BCUT2D eigenvalue weighted by Gasteiger charge is 2.22. The number of hydrogen-bond acceptors (Lipinski definition) is 3. The fraction of sp³-hybridized carbons (Fsp3) is 0.526. The molecule has 0 saturated carbocycles. The van der Waals surface area contributed by atoms with Crippen molar-refractivity contribution in [2.75, 3.05) is 13.7 Å². The molecule has 1 aliphatic heterocycles. The SMILES string of the molecule is COc1ccc2c(c1)CC(NCC1CCc3nccn3C1)CC2. The number of aryl methyl sites for hydroxylation is 2. The fourth-order valence-corrected chi connectivity index (χ4v) is 3.97. The molecule has 2 unspecified atom stereocenters. The predicted molar refractivity (Wildman–Crippen MR) is 90.8 cm³/mol. The van der Waals surface area contributed by atoms with Gasteiger partial charge in [0.1, 0.15) is 11.6 Å². The molecule has 122 valence electrons. The highest BCUT2D eigenvalue weighted by molar-refractivity contribution is 5.37. The summed E-state index contributed by atoms with van der Waals surface area (Å²) in [6.07, 6.45) is 9.94. The molecule has 0 saturated heterocycles. The molecular weight excluding hydrogens is 286 g/mol. The van der Waals surface area contributed by atoms with Crippen LogP contribution in [0.15, 0.2) is 30.6 Å². The Morgan fingerprint density at radius 2 is 2.22 bits per heavy atom. The van der Waals surface area contributed by atoms with Gasteiger partial charge in [-0.3, -0.25) is 0 Å². The van der Waals surface area contributed by atoms with E-state index in [9.17, 15) is 0 Å². The van der Waals surface area contributed by atoms with Crippen LogP contribution >= 0.6 is 0 Å². The third kappa shape index (κ3) is 3.13. The van der Waals surface area contributed by atoms with Crippen LogP contribution in [0.2, 0.25) is 0 Å². The summed E-state index contributed by atoms with van der Waals surface area (Å²) in [5.41, 5.74) is 2.94. The monoisotopic (exact) mass is 311 g/mol. The van der Waals surface area contributed by atoms with Crippen LogP contribution in [0.1, 0.15) is 29.8 Å². The van der Waals surface area contributed by atoms with Crippen molar-refractivity contribution in [1.29, 1.82) is 0 Å². The van der Waals surface area contributed by atoms with Gasteiger partial charge in [0.25, 0.3) is 0 Å². The second-order valence-electron chi connectivity index (χ2n) is 6.88. The van der Waals surface area contributed by atoms with E-state index in [1.165, 1.54) is 36.2 Å². The molecule has 1 N–H and O–H groups in total. The zero-order valence-corrected chi connectivity index (χ0v) is 13.8. The lowest BCUT2D eigenvalue weighted by Gasteiger charge is -2.29. The van der Waals surface area contributed by atoms with Crippen molar-refractivity contribution in [2.45, 2.75) is 44.7 Å². The zero-order valence-electron chi connectivity index (χ0n) is 13.8. The number of hydrogen-bond donors (Lipinski definition) is 1. The Morgan fingerprint density at radius 3 is 3.13 bits per heavy atom. The van der Waals surface area contributed by atoms with Crippen LogP contribution in [0.25, 0.3) is 0 Å². The predicted octanol–water partition coefficient (Wildman–Crippen LogP) is 2.60. The van der Waals surface area contributed by atoms with Crippen LogP contribution in [0.4, 0.5) is 0 Å². The number of fused-ring (bicyclic) bond motifs is 2. The molecule has 0 bridgehead atoms. The molecule has 0 fully saturated rings. The minimum absolute atomic E-state index is 0.596. The fourth-order valence-electron chi connectivity index (χ4n) is 3.97. The van der Waals surface area contributed by atoms with Gasteiger partial charge in [0.05, 0.1) is 7.11 Å². The maximum absolute atomic E-state index is 5.37. The Bertz CT molecular complexity index is 679. The van der Waals surface area contributed by atoms with E-state index in [0.29, 0.717) is 6.04 Å². The number of aromatic nitrogens is 2. The topological polar surface area (TPSA) is 39.1 Å². The third-order valence-corrected chi connectivity index (χ3v) is 5.37. The third-order valence-electron chi connectivity index (χ3n) is 5.37. The first-order valence-electron chi connectivity index (χ1n) is 8.71. The molecular formula is C19H25N3O. The van der Waals surface area contributed by atoms with Crippen LogP contribution in [0.3, 0.4) is 0 Å². The van der Waals surface area contributed by atoms with Gasteiger partial charge in [-0.2, -0.15) is 0 Å². The first-order chi connectivity index (χ1) is 11.3. The molecule has 0 amide bonds. The van der Waals surface area contributed by atoms with Gasteiger partial charge >= 0.3 is 0 Å². The minimum atomic E-state index is 0.596. The zero-order chi connectivity index (χ0) is 15.6. The number of imidazole rings is 1. The molecule has 2 aromatic rings. The van der Waals surface area contributed by atoms with Gasteiger partial charge in [0.2, 0.25) is 0 Å². The second kappa shape index (κ2) is 6.36. The maximum Gasteiger partial charge on any atom is 0.119 e. The summed E-state index contributed by atoms with van der Waals surface area (Å²) in [5.74, 6) is 2.95. The summed E-state index contributed by atoms with van der Waals surface area (Å²) < 4.78 is 7.68. The molecule has 2 aliphatic rings. The largest absolute Gasteiger partial charge is 0.497 e. The quantitative estimate of drug-likeness (QED) is 0.943. The normalized spacial score (nSPS) is 23.2. The van der Waals surface area contributed by atoms with Gasteiger partial charge in [-0.25, -0.2) is 4.98 Å². The summed E-state index contributed by atoms with van der Waals surface area (Å²) >= 11 is 0. The van der Waals surface area contributed by atoms with Crippen LogP contribution in [0, 0.1) is 5.92 Å². The molecule has 0 spiro atoms. The molecule has 0 radical (unpaired) electrons. The Labute approximate surface area is 137 Å². The van der Waals surface area contributed by atoms with Crippen molar-refractivity contribution < 1.29 is 4.74 Å². The van der Waals surface area contributed by atoms with Crippen molar-refractivity contribution in [1.82, 2.24) is 14.9 Å². The first kappa shape index (κ1) is 14.8. The second-order valence-corrected chi connectivity index (χ2v) is 6.88. The molecule has 4 heteroatoms. The number of ether oxygens (including phenoxy) is 1. The highest BCUT2D eigenvalue weighted by atomic mass is 16.5. The van der Waals surface area contributed by atoms with Crippen LogP contribution in [0.5, 0.6) is 5.75 Å². The van der Waals surface area contributed by atoms with Crippen LogP contribution in [-0.4, -0.2) is 29.2 Å². The van der Waals surface area contributed by atoms with Crippen molar-refractivity contribution in [2.24, 2.45) is 5.92 Å². The Balaban J connectivity index is 1.34. The standard InChI is InChI=1S/C19H25N3O/c1-23-18-6-4-15-3-5-17(10-16(15)11-18)21-12-14-2-7-19-20-8-9-22(19)13-14/h4,6,8-9,11,14,17,21H,2-3,5,7,10,12-13H2,1H3. The minimum Gasteiger partial charge on any atom is -0.497 e. The van der Waals surface area contributed by atoms with E-state index in [-0.39, 0.29) is 0 Å². The summed E-state index contributed by atoms with van der Waals surface area (Å²) in [4.78, 5) is 4.41. The molecule has 1 aromatic heterocycles. The first-order valence-corrected chi connectivity index (χ1v) is 8.71. The summed E-state index contributed by atoms with van der Waals surface area (Å²) in [6, 6.07) is 7.11. The summed E-state index contributed by atoms with van der Waals surface area (Å²) in [5, 5.41) is 3.82. The summed E-state index contributed by atoms with van der Waals surface area (Å²) in [6.45, 7) is 2.22. The lowest BCUT2D eigenvalue weighted by Crippen LogP contribution is -2.39. The number of nitrogens with zero attached hydrogens (tertiary/aromatic N) is 2. The molecule has 4 nitrogen and oxygen atoms in total. The van der Waals surface area contributed by atoms with Gasteiger partial charge in [-0.05, 0) is 61.4 Å². The number of benzene rings is 1. The average molecular weight is 311 g/mol. The number of nitrogens with one attached hydrogen (secondary N) is 1.